The van der Waals surface area contributed by atoms with Gasteiger partial charge in [-0.1, -0.05) is 5.21 Å². The number of likely N-dealkylation sites (tertiary alicyclic amines) is 1. The van der Waals surface area contributed by atoms with Crippen molar-refractivity contribution in [3.8, 4) is 11.5 Å². The van der Waals surface area contributed by atoms with Gasteiger partial charge in [0.2, 0.25) is 0 Å². The molecule has 0 saturated carbocycles. The molecule has 0 radical (unpaired) electrons. The van der Waals surface area contributed by atoms with Crippen LogP contribution in [-0.2, 0) is 19.5 Å². The van der Waals surface area contributed by atoms with E-state index in [-0.39, 0.29) is 6.10 Å². The highest BCUT2D eigenvalue weighted by Gasteiger charge is 2.26. The van der Waals surface area contributed by atoms with Gasteiger partial charge in [0.1, 0.15) is 17.6 Å². The average molecular weight is 342 g/mol. The van der Waals surface area contributed by atoms with E-state index in [1.807, 2.05) is 10.9 Å². The van der Waals surface area contributed by atoms with E-state index in [4.69, 9.17) is 9.47 Å². The van der Waals surface area contributed by atoms with Gasteiger partial charge in [0.25, 0.3) is 0 Å². The monoisotopic (exact) mass is 342 g/mol. The zero-order valence-electron chi connectivity index (χ0n) is 15.0. The molecule has 3 heterocycles. The lowest BCUT2D eigenvalue weighted by molar-refractivity contribution is 0.161. The van der Waals surface area contributed by atoms with Crippen LogP contribution in [0.2, 0.25) is 0 Å². The third-order valence-electron chi connectivity index (χ3n) is 5.30. The lowest BCUT2D eigenvalue weighted by Crippen LogP contribution is -2.34. The standard InChI is InChI=1S/C19H26N4O2/c1-14-9-16-10-18(24-2)11-17(19(16)25-14)13-22-6-3-15(4-7-22)12-23-8-5-20-21-23/h5,8,10-11,14-15H,3-4,6-7,9,12-13H2,1-2H3/t14-/m1/s1. The number of rotatable bonds is 5. The Labute approximate surface area is 148 Å². The Bertz CT molecular complexity index is 708. The van der Waals surface area contributed by atoms with Crippen LogP contribution in [0.15, 0.2) is 24.5 Å². The third kappa shape index (κ3) is 3.63. The fourth-order valence-electron chi connectivity index (χ4n) is 3.98. The molecule has 1 aromatic heterocycles. The Kier molecular flexibility index (Phi) is 4.61. The largest absolute Gasteiger partial charge is 0.497 e. The lowest BCUT2D eigenvalue weighted by Gasteiger charge is -2.32. The predicted molar refractivity (Wildman–Crippen MR) is 94.8 cm³/mol. The molecule has 0 amide bonds. The highest BCUT2D eigenvalue weighted by Crippen LogP contribution is 2.37. The van der Waals surface area contributed by atoms with Gasteiger partial charge < -0.3 is 9.47 Å². The van der Waals surface area contributed by atoms with Gasteiger partial charge in [-0.05, 0) is 50.9 Å². The van der Waals surface area contributed by atoms with Crippen LogP contribution in [0.25, 0.3) is 0 Å². The van der Waals surface area contributed by atoms with Gasteiger partial charge in [-0.25, -0.2) is 0 Å². The molecule has 6 nitrogen and oxygen atoms in total. The molecule has 6 heteroatoms. The van der Waals surface area contributed by atoms with Crippen molar-refractivity contribution in [3.05, 3.63) is 35.7 Å². The molecule has 0 aliphatic carbocycles. The van der Waals surface area contributed by atoms with Crippen molar-refractivity contribution in [1.82, 2.24) is 19.9 Å². The molecule has 4 rings (SSSR count). The van der Waals surface area contributed by atoms with Crippen molar-refractivity contribution >= 4 is 0 Å². The maximum Gasteiger partial charge on any atom is 0.127 e. The number of aromatic nitrogens is 3. The number of hydrogen-bond donors (Lipinski definition) is 0. The minimum absolute atomic E-state index is 0.259. The van der Waals surface area contributed by atoms with Crippen molar-refractivity contribution in [3.63, 3.8) is 0 Å². The summed E-state index contributed by atoms with van der Waals surface area (Å²) < 4.78 is 13.5. The summed E-state index contributed by atoms with van der Waals surface area (Å²) in [5, 5.41) is 7.98. The van der Waals surface area contributed by atoms with E-state index in [0.717, 1.165) is 44.1 Å². The van der Waals surface area contributed by atoms with Crippen LogP contribution in [0.4, 0.5) is 0 Å². The summed E-state index contributed by atoms with van der Waals surface area (Å²) in [6, 6.07) is 4.26. The fourth-order valence-corrected chi connectivity index (χ4v) is 3.98. The minimum atomic E-state index is 0.259. The van der Waals surface area contributed by atoms with E-state index in [1.54, 1.807) is 13.3 Å². The molecule has 1 fully saturated rings. The van der Waals surface area contributed by atoms with Crippen molar-refractivity contribution in [1.29, 1.82) is 0 Å². The first-order valence-electron chi connectivity index (χ1n) is 9.14. The smallest absolute Gasteiger partial charge is 0.127 e. The summed E-state index contributed by atoms with van der Waals surface area (Å²) in [6.45, 7) is 6.26. The van der Waals surface area contributed by atoms with Crippen LogP contribution in [0.3, 0.4) is 0 Å². The van der Waals surface area contributed by atoms with E-state index in [0.29, 0.717) is 5.92 Å². The lowest BCUT2D eigenvalue weighted by atomic mass is 9.96. The van der Waals surface area contributed by atoms with Gasteiger partial charge in [-0.2, -0.15) is 0 Å². The molecule has 134 valence electrons. The van der Waals surface area contributed by atoms with E-state index in [2.05, 4.69) is 34.3 Å². The molecule has 2 aliphatic rings. The Morgan fingerprint density at radius 2 is 2.12 bits per heavy atom. The topological polar surface area (TPSA) is 52.4 Å². The van der Waals surface area contributed by atoms with Crippen LogP contribution in [0.1, 0.15) is 30.9 Å². The SMILES string of the molecule is COc1cc2c(c(CN3CCC(Cn4ccnn4)CC3)c1)O[C@H](C)C2. The zero-order valence-corrected chi connectivity index (χ0v) is 15.0. The van der Waals surface area contributed by atoms with Crippen LogP contribution < -0.4 is 9.47 Å². The van der Waals surface area contributed by atoms with Crippen LogP contribution >= 0.6 is 0 Å². The summed E-state index contributed by atoms with van der Waals surface area (Å²) in [4.78, 5) is 2.53. The van der Waals surface area contributed by atoms with Crippen molar-refractivity contribution in [2.24, 2.45) is 5.92 Å². The molecule has 1 aromatic carbocycles. The molecule has 1 atom stereocenters. The maximum absolute atomic E-state index is 6.07. The molecular weight excluding hydrogens is 316 g/mol. The number of benzene rings is 1. The van der Waals surface area contributed by atoms with Crippen LogP contribution in [-0.4, -0.2) is 46.2 Å². The first-order chi connectivity index (χ1) is 12.2. The zero-order chi connectivity index (χ0) is 17.2. The average Bonchev–Trinajstić information content (AvgIpc) is 3.25. The van der Waals surface area contributed by atoms with Crippen molar-refractivity contribution in [2.75, 3.05) is 20.2 Å². The van der Waals surface area contributed by atoms with E-state index >= 15 is 0 Å². The van der Waals surface area contributed by atoms with Crippen LogP contribution in [0, 0.1) is 5.92 Å². The van der Waals surface area contributed by atoms with Crippen molar-refractivity contribution < 1.29 is 9.47 Å². The number of fused-ring (bicyclic) bond motifs is 1. The number of methoxy groups -OCH3 is 1. The number of hydrogen-bond acceptors (Lipinski definition) is 5. The molecule has 0 spiro atoms. The second-order valence-corrected chi connectivity index (χ2v) is 7.25. The highest BCUT2D eigenvalue weighted by molar-refractivity contribution is 5.49. The molecule has 1 saturated heterocycles. The summed E-state index contributed by atoms with van der Waals surface area (Å²) in [5.41, 5.74) is 2.54. The Hall–Kier alpha value is -2.08. The molecule has 2 aromatic rings. The second kappa shape index (κ2) is 7.04. The molecule has 0 unspecified atom stereocenters. The van der Waals surface area contributed by atoms with Gasteiger partial charge in [0, 0.05) is 36.8 Å². The van der Waals surface area contributed by atoms with Gasteiger partial charge in [-0.3, -0.25) is 9.58 Å². The van der Waals surface area contributed by atoms with E-state index < -0.39 is 0 Å². The summed E-state index contributed by atoms with van der Waals surface area (Å²) in [7, 11) is 1.74. The maximum atomic E-state index is 6.07. The van der Waals surface area contributed by atoms with Gasteiger partial charge in [0.05, 0.1) is 13.3 Å². The molecule has 2 aliphatic heterocycles. The first-order valence-corrected chi connectivity index (χ1v) is 9.14. The first kappa shape index (κ1) is 16.4. The Balaban J connectivity index is 1.39. The Morgan fingerprint density at radius 1 is 1.28 bits per heavy atom. The molecular formula is C19H26N4O2. The van der Waals surface area contributed by atoms with E-state index in [9.17, 15) is 0 Å². The molecule has 25 heavy (non-hydrogen) atoms. The van der Waals surface area contributed by atoms with Crippen molar-refractivity contribution in [2.45, 2.75) is 45.4 Å². The van der Waals surface area contributed by atoms with Gasteiger partial charge >= 0.3 is 0 Å². The highest BCUT2D eigenvalue weighted by atomic mass is 16.5. The fraction of sp³-hybridized carbons (Fsp3) is 0.579. The summed E-state index contributed by atoms with van der Waals surface area (Å²) >= 11 is 0. The normalized spacial score (nSPS) is 21.1. The number of nitrogens with zero attached hydrogens (tertiary/aromatic N) is 4. The Morgan fingerprint density at radius 3 is 2.84 bits per heavy atom. The molecule has 0 bridgehead atoms. The van der Waals surface area contributed by atoms with E-state index in [1.165, 1.54) is 24.0 Å². The third-order valence-corrected chi connectivity index (χ3v) is 5.30. The second-order valence-electron chi connectivity index (χ2n) is 7.25. The quantitative estimate of drug-likeness (QED) is 0.836. The predicted octanol–water partition coefficient (Wildman–Crippen LogP) is 2.52. The van der Waals surface area contributed by atoms with Gasteiger partial charge in [-0.15, -0.1) is 5.10 Å². The minimum Gasteiger partial charge on any atom is -0.497 e. The summed E-state index contributed by atoms with van der Waals surface area (Å²) in [5.74, 6) is 2.70. The van der Waals surface area contributed by atoms with Gasteiger partial charge in [0.15, 0.2) is 0 Å². The number of ether oxygens (including phenoxy) is 2. The van der Waals surface area contributed by atoms with Crippen LogP contribution in [0.5, 0.6) is 11.5 Å². The molecule has 0 N–H and O–H groups in total. The summed E-state index contributed by atoms with van der Waals surface area (Å²) in [6.07, 6.45) is 7.32. The number of piperidine rings is 1.